The third-order valence-electron chi connectivity index (χ3n) is 4.27. The zero-order valence-electron chi connectivity index (χ0n) is 17.2. The molecular formula is C19H30N2O6. The Morgan fingerprint density at radius 3 is 2.41 bits per heavy atom. The lowest BCUT2D eigenvalue weighted by atomic mass is 9.93. The van der Waals surface area contributed by atoms with E-state index in [1.807, 2.05) is 0 Å². The second kappa shape index (κ2) is 7.40. The molecule has 0 N–H and O–H groups in total. The Labute approximate surface area is 159 Å². The van der Waals surface area contributed by atoms with E-state index in [1.165, 1.54) is 4.90 Å². The molecule has 1 aliphatic rings. The van der Waals surface area contributed by atoms with Crippen LogP contribution in [0, 0.1) is 5.41 Å². The maximum absolute atomic E-state index is 12.8. The molecule has 8 nitrogen and oxygen atoms in total. The molecule has 1 aliphatic carbocycles. The first kappa shape index (κ1) is 21.1. The molecule has 1 amide bonds. The predicted molar refractivity (Wildman–Crippen MR) is 98.2 cm³/mol. The quantitative estimate of drug-likeness (QED) is 0.746. The van der Waals surface area contributed by atoms with Crippen LogP contribution in [-0.4, -0.2) is 34.4 Å². The lowest BCUT2D eigenvalue weighted by Gasteiger charge is -2.31. The third kappa shape index (κ3) is 4.93. The molecule has 0 aliphatic heterocycles. The van der Waals surface area contributed by atoms with Crippen LogP contribution in [0.25, 0.3) is 0 Å². The number of hydrogen-bond acceptors (Lipinski definition) is 6. The number of carbonyl (C=O) groups is 2. The molecule has 1 aromatic heterocycles. The highest BCUT2D eigenvalue weighted by Crippen LogP contribution is 2.32. The zero-order chi connectivity index (χ0) is 20.6. The summed E-state index contributed by atoms with van der Waals surface area (Å²) in [7, 11) is 1.62. The molecule has 27 heavy (non-hydrogen) atoms. The zero-order valence-corrected chi connectivity index (χ0v) is 17.2. The van der Waals surface area contributed by atoms with E-state index >= 15 is 0 Å². The van der Waals surface area contributed by atoms with Crippen molar-refractivity contribution >= 4 is 12.1 Å². The van der Waals surface area contributed by atoms with Gasteiger partial charge in [-0.25, -0.2) is 4.79 Å². The Morgan fingerprint density at radius 2 is 1.85 bits per heavy atom. The molecule has 152 valence electrons. The SMILES string of the molecule is CN(C(=O)OC(C)(C)C)[C@@H]1CCCc2on(COC(=O)C(C)(C)C)c(=O)c21. The smallest absolute Gasteiger partial charge is 0.410 e. The molecule has 1 aromatic rings. The summed E-state index contributed by atoms with van der Waals surface area (Å²) in [6.45, 7) is 10.3. The average molecular weight is 382 g/mol. The van der Waals surface area contributed by atoms with E-state index in [1.54, 1.807) is 48.6 Å². The van der Waals surface area contributed by atoms with E-state index in [4.69, 9.17) is 14.0 Å². The molecule has 0 aromatic carbocycles. The summed E-state index contributed by atoms with van der Waals surface area (Å²) in [5.74, 6) is 0.102. The molecule has 0 spiro atoms. The minimum Gasteiger partial charge on any atom is -0.444 e. The largest absolute Gasteiger partial charge is 0.444 e. The van der Waals surface area contributed by atoms with Gasteiger partial charge in [-0.15, -0.1) is 4.74 Å². The van der Waals surface area contributed by atoms with Gasteiger partial charge in [-0.1, -0.05) is 0 Å². The Balaban J connectivity index is 2.22. The number of fused-ring (bicyclic) bond motifs is 1. The Kier molecular flexibility index (Phi) is 5.77. The van der Waals surface area contributed by atoms with Crippen molar-refractivity contribution in [3.8, 4) is 0 Å². The number of esters is 1. The van der Waals surface area contributed by atoms with E-state index in [2.05, 4.69) is 0 Å². The molecule has 8 heteroatoms. The molecular weight excluding hydrogens is 352 g/mol. The van der Waals surface area contributed by atoms with Gasteiger partial charge in [0.1, 0.15) is 11.4 Å². The van der Waals surface area contributed by atoms with Crippen molar-refractivity contribution < 1.29 is 23.6 Å². The van der Waals surface area contributed by atoms with Gasteiger partial charge in [0.25, 0.3) is 5.56 Å². The van der Waals surface area contributed by atoms with Crippen LogP contribution < -0.4 is 5.56 Å². The van der Waals surface area contributed by atoms with Crippen molar-refractivity contribution in [2.45, 2.75) is 79.2 Å². The highest BCUT2D eigenvalue weighted by atomic mass is 16.6. The average Bonchev–Trinajstić information content (AvgIpc) is 2.85. The van der Waals surface area contributed by atoms with Gasteiger partial charge in [0.2, 0.25) is 6.73 Å². The van der Waals surface area contributed by atoms with Crippen LogP contribution in [0.4, 0.5) is 4.79 Å². The van der Waals surface area contributed by atoms with Crippen molar-refractivity contribution in [3.05, 3.63) is 21.7 Å². The van der Waals surface area contributed by atoms with Gasteiger partial charge < -0.3 is 18.9 Å². The summed E-state index contributed by atoms with van der Waals surface area (Å²) in [5, 5.41) is 0. The number of rotatable bonds is 3. The minimum absolute atomic E-state index is 0.287. The molecule has 0 unspecified atom stereocenters. The maximum Gasteiger partial charge on any atom is 0.410 e. The summed E-state index contributed by atoms with van der Waals surface area (Å²) in [6.07, 6.45) is 1.52. The molecule has 0 bridgehead atoms. The van der Waals surface area contributed by atoms with Crippen molar-refractivity contribution in [1.82, 2.24) is 9.64 Å². The van der Waals surface area contributed by atoms with Crippen molar-refractivity contribution in [1.29, 1.82) is 0 Å². The number of carbonyl (C=O) groups excluding carboxylic acids is 2. The second-order valence-electron chi connectivity index (χ2n) is 8.92. The monoisotopic (exact) mass is 382 g/mol. The molecule has 1 heterocycles. The van der Waals surface area contributed by atoms with Gasteiger partial charge in [-0.05, 0) is 54.4 Å². The molecule has 1 atom stereocenters. The van der Waals surface area contributed by atoms with Crippen LogP contribution >= 0.6 is 0 Å². The van der Waals surface area contributed by atoms with E-state index in [0.717, 1.165) is 11.2 Å². The summed E-state index contributed by atoms with van der Waals surface area (Å²) in [5.41, 5.74) is -1.25. The molecule has 0 saturated heterocycles. The fourth-order valence-electron chi connectivity index (χ4n) is 2.85. The first-order chi connectivity index (χ1) is 12.3. The Morgan fingerprint density at radius 1 is 1.22 bits per heavy atom. The van der Waals surface area contributed by atoms with Crippen molar-refractivity contribution in [3.63, 3.8) is 0 Å². The molecule has 0 saturated carbocycles. The number of ether oxygens (including phenoxy) is 2. The fourth-order valence-corrected chi connectivity index (χ4v) is 2.85. The van der Waals surface area contributed by atoms with Gasteiger partial charge in [0.15, 0.2) is 0 Å². The molecule has 2 rings (SSSR count). The maximum atomic E-state index is 12.8. The minimum atomic E-state index is -0.671. The van der Waals surface area contributed by atoms with Gasteiger partial charge >= 0.3 is 12.1 Å². The highest BCUT2D eigenvalue weighted by Gasteiger charge is 2.35. The van der Waals surface area contributed by atoms with Gasteiger partial charge in [-0.3, -0.25) is 9.59 Å². The van der Waals surface area contributed by atoms with Crippen LogP contribution in [-0.2, 0) is 27.4 Å². The van der Waals surface area contributed by atoms with Crippen LogP contribution in [0.3, 0.4) is 0 Å². The van der Waals surface area contributed by atoms with Crippen LogP contribution in [0.2, 0.25) is 0 Å². The predicted octanol–water partition coefficient (Wildman–Crippen LogP) is 3.23. The highest BCUT2D eigenvalue weighted by molar-refractivity contribution is 5.75. The summed E-state index contributed by atoms with van der Waals surface area (Å²) >= 11 is 0. The first-order valence-electron chi connectivity index (χ1n) is 9.17. The van der Waals surface area contributed by atoms with Gasteiger partial charge in [0, 0.05) is 13.5 Å². The normalized spacial score (nSPS) is 17.2. The number of aryl methyl sites for hydroxylation is 1. The molecule has 0 fully saturated rings. The second-order valence-corrected chi connectivity index (χ2v) is 8.92. The van der Waals surface area contributed by atoms with Crippen LogP contribution in [0.5, 0.6) is 0 Å². The summed E-state index contributed by atoms with van der Waals surface area (Å²) < 4.78 is 17.2. The lowest BCUT2D eigenvalue weighted by Crippen LogP contribution is -2.39. The van der Waals surface area contributed by atoms with E-state index in [9.17, 15) is 14.4 Å². The standard InChI is InChI=1S/C19H30N2O6/c1-18(2,3)16(23)25-11-21-15(22)14-12(9-8-10-13(14)27-21)20(7)17(24)26-19(4,5)6/h12H,8-11H2,1-7H3/t12-/m1/s1. The molecule has 0 radical (unpaired) electrons. The number of aromatic nitrogens is 1. The Hall–Kier alpha value is -2.25. The van der Waals surface area contributed by atoms with Crippen LogP contribution in [0.1, 0.15) is 71.7 Å². The number of hydrogen-bond donors (Lipinski definition) is 0. The topological polar surface area (TPSA) is 91.0 Å². The third-order valence-corrected chi connectivity index (χ3v) is 4.27. The van der Waals surface area contributed by atoms with E-state index in [0.29, 0.717) is 24.2 Å². The van der Waals surface area contributed by atoms with Gasteiger partial charge in [0.05, 0.1) is 17.0 Å². The van der Waals surface area contributed by atoms with Crippen LogP contribution in [0.15, 0.2) is 9.32 Å². The van der Waals surface area contributed by atoms with Gasteiger partial charge in [-0.2, -0.15) is 0 Å². The lowest BCUT2D eigenvalue weighted by molar-refractivity contribution is -0.159. The van der Waals surface area contributed by atoms with Crippen molar-refractivity contribution in [2.24, 2.45) is 5.41 Å². The summed E-state index contributed by atoms with van der Waals surface area (Å²) in [6, 6.07) is -0.431. The summed E-state index contributed by atoms with van der Waals surface area (Å²) in [4.78, 5) is 38.6. The number of amides is 1. The van der Waals surface area contributed by atoms with E-state index < -0.39 is 29.1 Å². The Bertz CT molecular complexity index is 763. The fraction of sp³-hybridized carbons (Fsp3) is 0.737. The van der Waals surface area contributed by atoms with E-state index in [-0.39, 0.29) is 12.3 Å². The first-order valence-corrected chi connectivity index (χ1v) is 9.17. The van der Waals surface area contributed by atoms with Crippen molar-refractivity contribution in [2.75, 3.05) is 7.05 Å². The number of nitrogens with zero attached hydrogens (tertiary/aromatic N) is 2.